The standard InChI is InChI=1S/C22H20FN5O2S/c23-16-7-2-1-6-15(16)21-24-20(30-27-21)11-14-5-3-9-28(13-14)22(29)18-12-17(25-26-18)19-8-4-10-31-19/h1-2,4,6-8,10,12,14H,3,5,9,11,13H2,(H,25,26). The third-order valence-corrected chi connectivity index (χ3v) is 6.34. The van der Waals surface area contributed by atoms with Gasteiger partial charge in [-0.3, -0.25) is 9.89 Å². The van der Waals surface area contributed by atoms with Crippen LogP contribution in [0.2, 0.25) is 0 Å². The van der Waals surface area contributed by atoms with Crippen LogP contribution in [0, 0.1) is 11.7 Å². The number of thiophene rings is 1. The number of hydrogen-bond acceptors (Lipinski definition) is 6. The number of rotatable bonds is 5. The van der Waals surface area contributed by atoms with Crippen molar-refractivity contribution < 1.29 is 13.7 Å². The number of piperidine rings is 1. The van der Waals surface area contributed by atoms with Crippen LogP contribution in [0.5, 0.6) is 0 Å². The van der Waals surface area contributed by atoms with E-state index in [4.69, 9.17) is 4.52 Å². The molecule has 1 unspecified atom stereocenters. The molecule has 1 saturated heterocycles. The summed E-state index contributed by atoms with van der Waals surface area (Å²) >= 11 is 1.60. The normalized spacial score (nSPS) is 16.5. The second-order valence-corrected chi connectivity index (χ2v) is 8.55. The summed E-state index contributed by atoms with van der Waals surface area (Å²) < 4.78 is 19.3. The number of amides is 1. The Morgan fingerprint density at radius 1 is 1.29 bits per heavy atom. The number of halogens is 1. The third-order valence-electron chi connectivity index (χ3n) is 5.44. The molecule has 1 N–H and O–H groups in total. The van der Waals surface area contributed by atoms with Crippen molar-refractivity contribution in [1.29, 1.82) is 0 Å². The van der Waals surface area contributed by atoms with Gasteiger partial charge in [0.2, 0.25) is 11.7 Å². The maximum Gasteiger partial charge on any atom is 0.274 e. The van der Waals surface area contributed by atoms with Crippen molar-refractivity contribution in [3.8, 4) is 22.0 Å². The molecule has 1 fully saturated rings. The molecular weight excluding hydrogens is 417 g/mol. The highest BCUT2D eigenvalue weighted by Gasteiger charge is 2.27. The highest BCUT2D eigenvalue weighted by atomic mass is 32.1. The molecular formula is C22H20FN5O2S. The Bertz CT molecular complexity index is 1190. The van der Waals surface area contributed by atoms with Crippen molar-refractivity contribution in [3.63, 3.8) is 0 Å². The molecule has 31 heavy (non-hydrogen) atoms. The number of carbonyl (C=O) groups excluding carboxylic acids is 1. The lowest BCUT2D eigenvalue weighted by atomic mass is 9.94. The molecule has 0 spiro atoms. The van der Waals surface area contributed by atoms with Crippen molar-refractivity contribution >= 4 is 17.2 Å². The van der Waals surface area contributed by atoms with Crippen LogP contribution in [0.15, 0.2) is 52.4 Å². The molecule has 0 aliphatic carbocycles. The fourth-order valence-electron chi connectivity index (χ4n) is 3.90. The summed E-state index contributed by atoms with van der Waals surface area (Å²) in [7, 11) is 0. The van der Waals surface area contributed by atoms with Crippen LogP contribution >= 0.6 is 11.3 Å². The fourth-order valence-corrected chi connectivity index (χ4v) is 4.60. The van der Waals surface area contributed by atoms with Crippen molar-refractivity contribution in [2.45, 2.75) is 19.3 Å². The van der Waals surface area contributed by atoms with E-state index < -0.39 is 0 Å². The first-order chi connectivity index (χ1) is 15.2. The predicted molar refractivity (Wildman–Crippen MR) is 114 cm³/mol. The number of carbonyl (C=O) groups is 1. The molecule has 3 aromatic heterocycles. The molecule has 9 heteroatoms. The first-order valence-corrected chi connectivity index (χ1v) is 11.0. The zero-order valence-electron chi connectivity index (χ0n) is 16.6. The molecule has 1 aromatic carbocycles. The summed E-state index contributed by atoms with van der Waals surface area (Å²) in [6.07, 6.45) is 2.40. The smallest absolute Gasteiger partial charge is 0.274 e. The number of aromatic amines is 1. The number of likely N-dealkylation sites (tertiary alicyclic amines) is 1. The lowest BCUT2D eigenvalue weighted by molar-refractivity contribution is 0.0662. The highest BCUT2D eigenvalue weighted by Crippen LogP contribution is 2.26. The van der Waals surface area contributed by atoms with E-state index in [2.05, 4.69) is 20.3 Å². The number of nitrogens with zero attached hydrogens (tertiary/aromatic N) is 4. The van der Waals surface area contributed by atoms with E-state index in [0.29, 0.717) is 36.7 Å². The van der Waals surface area contributed by atoms with Crippen LogP contribution in [0.1, 0.15) is 29.2 Å². The number of hydrogen-bond donors (Lipinski definition) is 1. The Morgan fingerprint density at radius 2 is 2.19 bits per heavy atom. The Morgan fingerprint density at radius 3 is 3.03 bits per heavy atom. The summed E-state index contributed by atoms with van der Waals surface area (Å²) in [6.45, 7) is 1.29. The molecule has 158 valence electrons. The SMILES string of the molecule is O=C(c1cc(-c2cccs2)[nH]n1)N1CCCC(Cc2nc(-c3ccccc3F)no2)C1. The van der Waals surface area contributed by atoms with Gasteiger partial charge in [0.1, 0.15) is 5.82 Å². The Hall–Kier alpha value is -3.33. The summed E-state index contributed by atoms with van der Waals surface area (Å²) in [6, 6.07) is 12.1. The van der Waals surface area contributed by atoms with E-state index in [-0.39, 0.29) is 23.5 Å². The quantitative estimate of drug-likeness (QED) is 0.499. The molecule has 0 saturated carbocycles. The van der Waals surface area contributed by atoms with E-state index in [9.17, 15) is 9.18 Å². The maximum atomic E-state index is 14.0. The van der Waals surface area contributed by atoms with Crippen LogP contribution in [-0.4, -0.2) is 44.2 Å². The molecule has 1 atom stereocenters. The van der Waals surface area contributed by atoms with Gasteiger partial charge in [0.15, 0.2) is 5.69 Å². The number of nitrogens with one attached hydrogen (secondary N) is 1. The first-order valence-electron chi connectivity index (χ1n) is 10.1. The van der Waals surface area contributed by atoms with Gasteiger partial charge in [-0.1, -0.05) is 23.4 Å². The van der Waals surface area contributed by atoms with Crippen molar-refractivity contribution in [1.82, 2.24) is 25.2 Å². The second kappa shape index (κ2) is 8.43. The lowest BCUT2D eigenvalue weighted by Gasteiger charge is -2.31. The van der Waals surface area contributed by atoms with Gasteiger partial charge in [0, 0.05) is 19.5 Å². The minimum atomic E-state index is -0.384. The van der Waals surface area contributed by atoms with Crippen LogP contribution in [0.3, 0.4) is 0 Å². The molecule has 4 aromatic rings. The highest BCUT2D eigenvalue weighted by molar-refractivity contribution is 7.13. The second-order valence-electron chi connectivity index (χ2n) is 7.60. The summed E-state index contributed by atoms with van der Waals surface area (Å²) in [4.78, 5) is 20.2. The number of benzene rings is 1. The van der Waals surface area contributed by atoms with Crippen molar-refractivity contribution in [3.05, 3.63) is 65.2 Å². The van der Waals surface area contributed by atoms with Crippen LogP contribution in [-0.2, 0) is 6.42 Å². The van der Waals surface area contributed by atoms with Gasteiger partial charge in [-0.15, -0.1) is 11.3 Å². The molecule has 4 heterocycles. The minimum absolute atomic E-state index is 0.0821. The zero-order chi connectivity index (χ0) is 21.2. The molecule has 1 aliphatic heterocycles. The van der Waals surface area contributed by atoms with Crippen LogP contribution in [0.4, 0.5) is 4.39 Å². The van der Waals surface area contributed by atoms with Crippen molar-refractivity contribution in [2.75, 3.05) is 13.1 Å². The van der Waals surface area contributed by atoms with Crippen LogP contribution in [0.25, 0.3) is 22.0 Å². The maximum absolute atomic E-state index is 14.0. The Kier molecular flexibility index (Phi) is 5.33. The largest absolute Gasteiger partial charge is 0.339 e. The van der Waals surface area contributed by atoms with Gasteiger partial charge in [-0.05, 0) is 48.4 Å². The Balaban J connectivity index is 1.25. The zero-order valence-corrected chi connectivity index (χ0v) is 17.4. The van der Waals surface area contributed by atoms with Gasteiger partial charge < -0.3 is 9.42 Å². The summed E-state index contributed by atoms with van der Waals surface area (Å²) in [5.74, 6) is 0.431. The van der Waals surface area contributed by atoms with Crippen LogP contribution < -0.4 is 0 Å². The van der Waals surface area contributed by atoms with E-state index in [0.717, 1.165) is 23.4 Å². The molecule has 5 rings (SSSR count). The van der Waals surface area contributed by atoms with Gasteiger partial charge in [0.25, 0.3) is 5.91 Å². The number of H-pyrrole nitrogens is 1. The lowest BCUT2D eigenvalue weighted by Crippen LogP contribution is -2.40. The average Bonchev–Trinajstić information content (AvgIpc) is 3.55. The molecule has 0 bridgehead atoms. The van der Waals surface area contributed by atoms with E-state index in [1.165, 1.54) is 6.07 Å². The fraction of sp³-hybridized carbons (Fsp3) is 0.273. The van der Waals surface area contributed by atoms with Gasteiger partial charge >= 0.3 is 0 Å². The molecule has 1 amide bonds. The van der Waals surface area contributed by atoms with E-state index >= 15 is 0 Å². The average molecular weight is 438 g/mol. The molecule has 7 nitrogen and oxygen atoms in total. The number of aromatic nitrogens is 4. The predicted octanol–water partition coefficient (Wildman–Crippen LogP) is 4.42. The van der Waals surface area contributed by atoms with E-state index in [1.54, 1.807) is 35.6 Å². The topological polar surface area (TPSA) is 87.9 Å². The van der Waals surface area contributed by atoms with Gasteiger partial charge in [0.05, 0.1) is 16.1 Å². The molecule has 1 aliphatic rings. The first kappa shape index (κ1) is 19.6. The monoisotopic (exact) mass is 437 g/mol. The van der Waals surface area contributed by atoms with Gasteiger partial charge in [-0.2, -0.15) is 10.1 Å². The Labute approximate surface area is 181 Å². The molecule has 0 radical (unpaired) electrons. The minimum Gasteiger partial charge on any atom is -0.339 e. The summed E-state index contributed by atoms with van der Waals surface area (Å²) in [5.41, 5.74) is 1.58. The van der Waals surface area contributed by atoms with Gasteiger partial charge in [-0.25, -0.2) is 4.39 Å². The third kappa shape index (κ3) is 4.13. The summed E-state index contributed by atoms with van der Waals surface area (Å²) in [5, 5.41) is 13.1. The van der Waals surface area contributed by atoms with E-state index in [1.807, 2.05) is 22.4 Å². The van der Waals surface area contributed by atoms with Crippen molar-refractivity contribution in [2.24, 2.45) is 5.92 Å².